The van der Waals surface area contributed by atoms with Gasteiger partial charge in [0.05, 0.1) is 13.2 Å². The third-order valence-electron chi connectivity index (χ3n) is 4.90. The molecule has 0 radical (unpaired) electrons. The van der Waals surface area contributed by atoms with Gasteiger partial charge in [-0.1, -0.05) is 18.2 Å². The summed E-state index contributed by atoms with van der Waals surface area (Å²) in [6, 6.07) is 8.35. The van der Waals surface area contributed by atoms with Crippen LogP contribution in [-0.4, -0.2) is 40.4 Å². The fourth-order valence-electron chi connectivity index (χ4n) is 3.76. The van der Waals surface area contributed by atoms with E-state index >= 15 is 0 Å². The Morgan fingerprint density at radius 2 is 2.23 bits per heavy atom. The van der Waals surface area contributed by atoms with Gasteiger partial charge in [-0.05, 0) is 12.5 Å². The first-order chi connectivity index (χ1) is 10.7. The third-order valence-corrected chi connectivity index (χ3v) is 4.90. The summed E-state index contributed by atoms with van der Waals surface area (Å²) in [6.45, 7) is 3.75. The van der Waals surface area contributed by atoms with Crippen LogP contribution in [0.15, 0.2) is 24.3 Å². The van der Waals surface area contributed by atoms with Gasteiger partial charge in [0.1, 0.15) is 0 Å². The lowest BCUT2D eigenvalue weighted by atomic mass is 10.0. The van der Waals surface area contributed by atoms with Crippen LogP contribution >= 0.6 is 0 Å². The van der Waals surface area contributed by atoms with E-state index in [1.54, 1.807) is 0 Å². The quantitative estimate of drug-likeness (QED) is 0.928. The molecule has 0 bridgehead atoms. The Morgan fingerprint density at radius 1 is 1.36 bits per heavy atom. The minimum Gasteiger partial charge on any atom is -0.465 e. The third kappa shape index (κ3) is 2.16. The number of hydrogen-bond donors (Lipinski definition) is 1. The predicted molar refractivity (Wildman–Crippen MR) is 83.0 cm³/mol. The second kappa shape index (κ2) is 5.32. The average molecular weight is 300 g/mol. The molecule has 3 heterocycles. The Bertz CT molecular complexity index is 716. The summed E-state index contributed by atoms with van der Waals surface area (Å²) >= 11 is 0. The highest BCUT2D eigenvalue weighted by Crippen LogP contribution is 2.32. The maximum atomic E-state index is 11.3. The zero-order chi connectivity index (χ0) is 15.1. The van der Waals surface area contributed by atoms with Crippen molar-refractivity contribution >= 4 is 17.0 Å². The fourth-order valence-corrected chi connectivity index (χ4v) is 3.76. The molecule has 0 saturated carbocycles. The lowest BCUT2D eigenvalue weighted by molar-refractivity contribution is 0.139. The van der Waals surface area contributed by atoms with Crippen molar-refractivity contribution in [1.29, 1.82) is 0 Å². The Labute approximate surface area is 129 Å². The SMILES string of the molecule is O=C(O)N1CCc2c(c3ccccc3n2CC2CCOC2)C1. The Morgan fingerprint density at radius 3 is 3.00 bits per heavy atom. The molecule has 5 nitrogen and oxygen atoms in total. The van der Waals surface area contributed by atoms with Gasteiger partial charge in [-0.15, -0.1) is 0 Å². The van der Waals surface area contributed by atoms with Crippen molar-refractivity contribution in [2.24, 2.45) is 5.92 Å². The molecule has 22 heavy (non-hydrogen) atoms. The number of para-hydroxylation sites is 1. The lowest BCUT2D eigenvalue weighted by Gasteiger charge is -2.26. The molecule has 116 valence electrons. The monoisotopic (exact) mass is 300 g/mol. The highest BCUT2D eigenvalue weighted by atomic mass is 16.5. The van der Waals surface area contributed by atoms with Crippen molar-refractivity contribution < 1.29 is 14.6 Å². The van der Waals surface area contributed by atoms with Crippen LogP contribution in [0.4, 0.5) is 4.79 Å². The van der Waals surface area contributed by atoms with Crippen LogP contribution < -0.4 is 0 Å². The zero-order valence-electron chi connectivity index (χ0n) is 12.5. The number of hydrogen-bond acceptors (Lipinski definition) is 2. The molecule has 1 amide bonds. The van der Waals surface area contributed by atoms with E-state index < -0.39 is 6.09 Å². The molecular weight excluding hydrogens is 280 g/mol. The normalized spacial score (nSPS) is 21.3. The van der Waals surface area contributed by atoms with Crippen LogP contribution in [0, 0.1) is 5.92 Å². The summed E-state index contributed by atoms with van der Waals surface area (Å²) in [5.41, 5.74) is 3.72. The number of aromatic nitrogens is 1. The Kier molecular flexibility index (Phi) is 3.30. The second-order valence-electron chi connectivity index (χ2n) is 6.24. The Balaban J connectivity index is 1.78. The summed E-state index contributed by atoms with van der Waals surface area (Å²) in [4.78, 5) is 12.8. The molecule has 5 heteroatoms. The molecule has 2 aromatic rings. The summed E-state index contributed by atoms with van der Waals surface area (Å²) in [5.74, 6) is 0.567. The van der Waals surface area contributed by atoms with Crippen LogP contribution in [0.25, 0.3) is 10.9 Å². The number of benzene rings is 1. The van der Waals surface area contributed by atoms with Gasteiger partial charge in [0.25, 0.3) is 0 Å². The molecule has 2 aliphatic rings. The number of amides is 1. The first-order valence-electron chi connectivity index (χ1n) is 7.88. The Hall–Kier alpha value is -2.01. The van der Waals surface area contributed by atoms with Gasteiger partial charge in [0.15, 0.2) is 0 Å². The molecule has 0 spiro atoms. The fraction of sp³-hybridized carbons (Fsp3) is 0.471. The lowest BCUT2D eigenvalue weighted by Crippen LogP contribution is -2.35. The smallest absolute Gasteiger partial charge is 0.407 e. The molecule has 1 atom stereocenters. The maximum Gasteiger partial charge on any atom is 0.407 e. The molecule has 1 N–H and O–H groups in total. The standard InChI is InChI=1S/C17H20N2O3/c20-17(21)18-7-5-16-14(10-18)13-3-1-2-4-15(13)19(16)9-12-6-8-22-11-12/h1-4,12H,5-11H2,(H,20,21). The van der Waals surface area contributed by atoms with Gasteiger partial charge in [-0.3, -0.25) is 0 Å². The maximum absolute atomic E-state index is 11.3. The summed E-state index contributed by atoms with van der Waals surface area (Å²) < 4.78 is 7.92. The minimum absolute atomic E-state index is 0.499. The highest BCUT2D eigenvalue weighted by molar-refractivity contribution is 5.86. The predicted octanol–water partition coefficient (Wildman–Crippen LogP) is 2.71. The molecule has 1 aromatic carbocycles. The number of nitrogens with zero attached hydrogens (tertiary/aromatic N) is 2. The van der Waals surface area contributed by atoms with Gasteiger partial charge in [-0.2, -0.15) is 0 Å². The molecule has 1 aromatic heterocycles. The van der Waals surface area contributed by atoms with E-state index in [-0.39, 0.29) is 0 Å². The summed E-state index contributed by atoms with van der Waals surface area (Å²) in [5, 5.41) is 10.5. The molecule has 1 fully saturated rings. The summed E-state index contributed by atoms with van der Waals surface area (Å²) in [7, 11) is 0. The first kappa shape index (κ1) is 13.6. The largest absolute Gasteiger partial charge is 0.465 e. The van der Waals surface area contributed by atoms with Crippen molar-refractivity contribution in [3.8, 4) is 0 Å². The molecule has 2 aliphatic heterocycles. The van der Waals surface area contributed by atoms with Crippen molar-refractivity contribution in [2.45, 2.75) is 25.9 Å². The topological polar surface area (TPSA) is 54.7 Å². The van der Waals surface area contributed by atoms with Crippen LogP contribution in [0.5, 0.6) is 0 Å². The molecule has 1 saturated heterocycles. The van der Waals surface area contributed by atoms with E-state index in [2.05, 4.69) is 22.8 Å². The molecular formula is C17H20N2O3. The average Bonchev–Trinajstić information content (AvgIpc) is 3.15. The number of ether oxygens (including phenoxy) is 1. The van der Waals surface area contributed by atoms with Crippen molar-refractivity contribution in [1.82, 2.24) is 9.47 Å². The van der Waals surface area contributed by atoms with E-state index in [1.165, 1.54) is 27.1 Å². The van der Waals surface area contributed by atoms with Gasteiger partial charge in [0.2, 0.25) is 0 Å². The number of carbonyl (C=O) groups is 1. The molecule has 0 aliphatic carbocycles. The number of carboxylic acid groups (broad SMARTS) is 1. The van der Waals surface area contributed by atoms with E-state index in [0.717, 1.165) is 32.6 Å². The van der Waals surface area contributed by atoms with Gasteiger partial charge in [0, 0.05) is 54.2 Å². The zero-order valence-corrected chi connectivity index (χ0v) is 12.5. The molecule has 4 rings (SSSR count). The van der Waals surface area contributed by atoms with Crippen LogP contribution in [0.3, 0.4) is 0 Å². The van der Waals surface area contributed by atoms with E-state index in [0.29, 0.717) is 19.0 Å². The van der Waals surface area contributed by atoms with Crippen LogP contribution in [-0.2, 0) is 24.2 Å². The highest BCUT2D eigenvalue weighted by Gasteiger charge is 2.27. The van der Waals surface area contributed by atoms with Crippen molar-refractivity contribution in [2.75, 3.05) is 19.8 Å². The first-order valence-corrected chi connectivity index (χ1v) is 7.88. The van der Waals surface area contributed by atoms with Crippen LogP contribution in [0.1, 0.15) is 17.7 Å². The molecule has 1 unspecified atom stereocenters. The van der Waals surface area contributed by atoms with Gasteiger partial charge >= 0.3 is 6.09 Å². The van der Waals surface area contributed by atoms with Crippen molar-refractivity contribution in [3.63, 3.8) is 0 Å². The van der Waals surface area contributed by atoms with Crippen LogP contribution in [0.2, 0.25) is 0 Å². The van der Waals surface area contributed by atoms with Gasteiger partial charge < -0.3 is 19.3 Å². The van der Waals surface area contributed by atoms with E-state index in [4.69, 9.17) is 4.74 Å². The van der Waals surface area contributed by atoms with E-state index in [1.807, 2.05) is 6.07 Å². The minimum atomic E-state index is -0.827. The van der Waals surface area contributed by atoms with E-state index in [9.17, 15) is 9.90 Å². The number of fused-ring (bicyclic) bond motifs is 3. The summed E-state index contributed by atoms with van der Waals surface area (Å²) in [6.07, 6.45) is 1.08. The van der Waals surface area contributed by atoms with Gasteiger partial charge in [-0.25, -0.2) is 4.79 Å². The second-order valence-corrected chi connectivity index (χ2v) is 6.24. The van der Waals surface area contributed by atoms with Crippen molar-refractivity contribution in [3.05, 3.63) is 35.5 Å². The number of rotatable bonds is 2.